The molecule has 1 N–H and O–H groups in total. The summed E-state index contributed by atoms with van der Waals surface area (Å²) in [5, 5.41) is -0.368. The zero-order chi connectivity index (χ0) is 24.6. The van der Waals surface area contributed by atoms with Crippen LogP contribution < -0.4 is 9.46 Å². The molecule has 0 saturated heterocycles. The molecular weight excluding hydrogens is 503 g/mol. The van der Waals surface area contributed by atoms with E-state index in [0.29, 0.717) is 12.1 Å². The van der Waals surface area contributed by atoms with Gasteiger partial charge in [-0.1, -0.05) is 17.7 Å². The fourth-order valence-electron chi connectivity index (χ4n) is 2.66. The lowest BCUT2D eigenvalue weighted by atomic mass is 10.1. The van der Waals surface area contributed by atoms with E-state index in [4.69, 9.17) is 16.3 Å². The Hall–Kier alpha value is -2.99. The average molecular weight is 514 g/mol. The molecule has 0 amide bonds. The van der Waals surface area contributed by atoms with Crippen LogP contribution in [-0.4, -0.2) is 8.42 Å². The maximum Gasteiger partial charge on any atom is 0.416 e. The van der Waals surface area contributed by atoms with E-state index in [1.165, 1.54) is 12.1 Å². The zero-order valence-electron chi connectivity index (χ0n) is 15.9. The standard InChI is InChI=1S/C20H11ClF7NO3S/c21-16-2-1-3-17(22)18(16)33(30,31)29-13-4-6-14(7-5-13)32-15-9-11(19(23,24)25)8-12(10-15)20(26,27)28/h1-10,29H. The number of benzene rings is 3. The van der Waals surface area contributed by atoms with Gasteiger partial charge < -0.3 is 4.74 Å². The summed E-state index contributed by atoms with van der Waals surface area (Å²) in [6.07, 6.45) is -10.1. The molecule has 0 aliphatic heterocycles. The first-order valence-electron chi connectivity index (χ1n) is 8.71. The lowest BCUT2D eigenvalue weighted by Crippen LogP contribution is -2.15. The third-order valence-corrected chi connectivity index (χ3v) is 5.97. The Morgan fingerprint density at radius 1 is 0.788 bits per heavy atom. The zero-order valence-corrected chi connectivity index (χ0v) is 17.5. The van der Waals surface area contributed by atoms with Crippen molar-refractivity contribution in [2.45, 2.75) is 17.2 Å². The molecule has 0 spiro atoms. The van der Waals surface area contributed by atoms with Crippen LogP contribution in [0.15, 0.2) is 65.6 Å². The van der Waals surface area contributed by atoms with E-state index in [1.807, 2.05) is 0 Å². The Balaban J connectivity index is 1.86. The van der Waals surface area contributed by atoms with E-state index in [0.717, 1.165) is 30.3 Å². The number of rotatable bonds is 5. The number of ether oxygens (including phenoxy) is 1. The van der Waals surface area contributed by atoms with Crippen molar-refractivity contribution in [1.82, 2.24) is 0 Å². The highest BCUT2D eigenvalue weighted by molar-refractivity contribution is 7.92. The topological polar surface area (TPSA) is 55.4 Å². The van der Waals surface area contributed by atoms with Gasteiger partial charge in [0, 0.05) is 5.69 Å². The van der Waals surface area contributed by atoms with Crippen molar-refractivity contribution in [3.05, 3.63) is 82.6 Å². The van der Waals surface area contributed by atoms with Crippen LogP contribution in [0.4, 0.5) is 36.4 Å². The Morgan fingerprint density at radius 3 is 1.82 bits per heavy atom. The quantitative estimate of drug-likeness (QED) is 0.370. The van der Waals surface area contributed by atoms with Crippen molar-refractivity contribution in [3.63, 3.8) is 0 Å². The summed E-state index contributed by atoms with van der Waals surface area (Å²) in [5.74, 6) is -2.02. The van der Waals surface area contributed by atoms with Crippen LogP contribution in [-0.2, 0) is 22.4 Å². The van der Waals surface area contributed by atoms with Crippen LogP contribution in [0.25, 0.3) is 0 Å². The van der Waals surface area contributed by atoms with Gasteiger partial charge in [-0.05, 0) is 54.6 Å². The van der Waals surface area contributed by atoms with Crippen LogP contribution in [0.1, 0.15) is 11.1 Å². The van der Waals surface area contributed by atoms with E-state index in [-0.39, 0.29) is 22.5 Å². The minimum atomic E-state index is -5.05. The molecule has 4 nitrogen and oxygen atoms in total. The number of sulfonamides is 1. The molecule has 0 aliphatic carbocycles. The molecule has 0 aliphatic rings. The first kappa shape index (κ1) is 24.6. The largest absolute Gasteiger partial charge is 0.457 e. The fraction of sp³-hybridized carbons (Fsp3) is 0.100. The Bertz CT molecular complexity index is 1220. The molecule has 3 rings (SSSR count). The van der Waals surface area contributed by atoms with E-state index in [2.05, 4.69) is 4.72 Å². The summed E-state index contributed by atoms with van der Waals surface area (Å²) < 4.78 is 124. The van der Waals surface area contributed by atoms with Crippen molar-refractivity contribution in [2.24, 2.45) is 0 Å². The number of hydrogen-bond donors (Lipinski definition) is 1. The molecule has 0 saturated carbocycles. The number of anilines is 1. The van der Waals surface area contributed by atoms with Gasteiger partial charge in [-0.2, -0.15) is 26.3 Å². The molecule has 33 heavy (non-hydrogen) atoms. The van der Waals surface area contributed by atoms with E-state index in [1.54, 1.807) is 0 Å². The number of alkyl halides is 6. The average Bonchev–Trinajstić information content (AvgIpc) is 2.67. The Morgan fingerprint density at radius 2 is 1.33 bits per heavy atom. The molecule has 0 unspecified atom stereocenters. The molecular formula is C20H11ClF7NO3S. The van der Waals surface area contributed by atoms with Crippen LogP contribution in [0.2, 0.25) is 5.02 Å². The molecule has 0 heterocycles. The maximum atomic E-state index is 13.9. The minimum Gasteiger partial charge on any atom is -0.457 e. The summed E-state index contributed by atoms with van der Waals surface area (Å²) in [5.41, 5.74) is -3.21. The lowest BCUT2D eigenvalue weighted by Gasteiger charge is -2.15. The maximum absolute atomic E-state index is 13.9. The molecule has 3 aromatic carbocycles. The fourth-order valence-corrected chi connectivity index (χ4v) is 4.32. The van der Waals surface area contributed by atoms with Crippen LogP contribution in [0.3, 0.4) is 0 Å². The third kappa shape index (κ3) is 5.88. The Kier molecular flexibility index (Phi) is 6.53. The van der Waals surface area contributed by atoms with Crippen LogP contribution in [0, 0.1) is 5.82 Å². The number of nitrogens with one attached hydrogen (secondary N) is 1. The summed E-state index contributed by atoms with van der Waals surface area (Å²) in [7, 11) is -4.44. The SMILES string of the molecule is O=S(=O)(Nc1ccc(Oc2cc(C(F)(F)F)cc(C(F)(F)F)c2)cc1)c1c(F)cccc1Cl. The molecule has 0 radical (unpaired) electrons. The summed E-state index contributed by atoms with van der Waals surface area (Å²) in [6.45, 7) is 0. The summed E-state index contributed by atoms with van der Waals surface area (Å²) in [4.78, 5) is -0.796. The number of hydrogen-bond acceptors (Lipinski definition) is 3. The minimum absolute atomic E-state index is 0.0431. The van der Waals surface area contributed by atoms with Gasteiger partial charge in [-0.15, -0.1) is 0 Å². The smallest absolute Gasteiger partial charge is 0.416 e. The molecule has 0 fully saturated rings. The molecule has 0 atom stereocenters. The first-order chi connectivity index (χ1) is 15.2. The number of halogens is 8. The van der Waals surface area contributed by atoms with Gasteiger partial charge in [0.1, 0.15) is 22.2 Å². The van der Waals surface area contributed by atoms with Crippen LogP contribution in [0.5, 0.6) is 11.5 Å². The predicted octanol–water partition coefficient (Wildman–Crippen LogP) is 7.11. The van der Waals surface area contributed by atoms with Gasteiger partial charge in [0.05, 0.1) is 16.1 Å². The molecule has 0 aromatic heterocycles. The van der Waals surface area contributed by atoms with Gasteiger partial charge >= 0.3 is 12.4 Å². The molecule has 0 bridgehead atoms. The highest BCUT2D eigenvalue weighted by Crippen LogP contribution is 2.39. The monoisotopic (exact) mass is 513 g/mol. The van der Waals surface area contributed by atoms with Gasteiger partial charge in [-0.3, -0.25) is 4.72 Å². The van der Waals surface area contributed by atoms with E-state index >= 15 is 0 Å². The van der Waals surface area contributed by atoms with Crippen LogP contribution >= 0.6 is 11.6 Å². The molecule has 3 aromatic rings. The highest BCUT2D eigenvalue weighted by Gasteiger charge is 2.37. The van der Waals surface area contributed by atoms with Crippen molar-refractivity contribution in [3.8, 4) is 11.5 Å². The first-order valence-corrected chi connectivity index (χ1v) is 10.6. The normalized spacial score (nSPS) is 12.5. The molecule has 176 valence electrons. The van der Waals surface area contributed by atoms with Gasteiger partial charge in [0.2, 0.25) is 0 Å². The van der Waals surface area contributed by atoms with Gasteiger partial charge in [-0.25, -0.2) is 12.8 Å². The van der Waals surface area contributed by atoms with E-state index < -0.39 is 50.0 Å². The predicted molar refractivity (Wildman–Crippen MR) is 105 cm³/mol. The van der Waals surface area contributed by atoms with Crippen molar-refractivity contribution >= 4 is 27.3 Å². The van der Waals surface area contributed by atoms with Crippen molar-refractivity contribution < 1.29 is 43.9 Å². The van der Waals surface area contributed by atoms with E-state index in [9.17, 15) is 39.2 Å². The highest BCUT2D eigenvalue weighted by atomic mass is 35.5. The second-order valence-electron chi connectivity index (χ2n) is 6.52. The van der Waals surface area contributed by atoms with Crippen molar-refractivity contribution in [2.75, 3.05) is 4.72 Å². The second-order valence-corrected chi connectivity index (χ2v) is 8.55. The summed E-state index contributed by atoms with van der Waals surface area (Å²) in [6, 6.07) is 8.42. The lowest BCUT2D eigenvalue weighted by molar-refractivity contribution is -0.143. The summed E-state index contributed by atoms with van der Waals surface area (Å²) >= 11 is 5.75. The molecule has 13 heteroatoms. The second kappa shape index (κ2) is 8.75. The third-order valence-electron chi connectivity index (χ3n) is 4.09. The Labute approximate surface area is 187 Å². The van der Waals surface area contributed by atoms with Gasteiger partial charge in [0.25, 0.3) is 10.0 Å². The van der Waals surface area contributed by atoms with Gasteiger partial charge in [0.15, 0.2) is 0 Å². The van der Waals surface area contributed by atoms with Crippen molar-refractivity contribution in [1.29, 1.82) is 0 Å².